The lowest BCUT2D eigenvalue weighted by atomic mass is 9.87. The summed E-state index contributed by atoms with van der Waals surface area (Å²) < 4.78 is 0. The third kappa shape index (κ3) is 3.28. The van der Waals surface area contributed by atoms with Gasteiger partial charge in [0.05, 0.1) is 11.4 Å². The average molecular weight is 264 g/mol. The Kier molecular flexibility index (Phi) is 4.45. The number of hydrogen-bond donors (Lipinski definition) is 3. The highest BCUT2D eigenvalue weighted by molar-refractivity contribution is 5.97. The maximum Gasteiger partial charge on any atom is 0.274 e. The number of aromatic amines is 1. The highest BCUT2D eigenvalue weighted by Gasteiger charge is 2.23. The number of nitrogens with two attached hydrogens (primary N) is 1. The fourth-order valence-electron chi connectivity index (χ4n) is 2.82. The molecule has 1 aliphatic rings. The van der Waals surface area contributed by atoms with Gasteiger partial charge in [0.25, 0.3) is 5.91 Å². The molecule has 2 rings (SSSR count). The van der Waals surface area contributed by atoms with E-state index in [4.69, 9.17) is 5.73 Å². The number of amides is 1. The van der Waals surface area contributed by atoms with Crippen molar-refractivity contribution in [3.63, 3.8) is 0 Å². The number of aryl methyl sites for hydroxylation is 1. The number of nitrogens with zero attached hydrogens (tertiary/aromatic N) is 1. The molecule has 1 heterocycles. The lowest BCUT2D eigenvalue weighted by Crippen LogP contribution is -2.38. The SMILES string of the molecule is CCCc1[nH]nc(C(=O)NC2CCCC(C)C2)c1N. The van der Waals surface area contributed by atoms with Gasteiger partial charge in [-0.3, -0.25) is 9.89 Å². The summed E-state index contributed by atoms with van der Waals surface area (Å²) in [7, 11) is 0. The lowest BCUT2D eigenvalue weighted by molar-refractivity contribution is 0.0917. The number of rotatable bonds is 4. The molecule has 0 saturated heterocycles. The second-order valence-corrected chi connectivity index (χ2v) is 5.66. The Morgan fingerprint density at radius 1 is 1.53 bits per heavy atom. The number of carbonyl (C=O) groups is 1. The molecular weight excluding hydrogens is 240 g/mol. The Morgan fingerprint density at radius 3 is 3.00 bits per heavy atom. The number of carbonyl (C=O) groups excluding carboxylic acids is 1. The summed E-state index contributed by atoms with van der Waals surface area (Å²) >= 11 is 0. The van der Waals surface area contributed by atoms with Crippen LogP contribution >= 0.6 is 0 Å². The van der Waals surface area contributed by atoms with Gasteiger partial charge >= 0.3 is 0 Å². The van der Waals surface area contributed by atoms with E-state index in [-0.39, 0.29) is 11.9 Å². The maximum atomic E-state index is 12.2. The largest absolute Gasteiger partial charge is 0.395 e. The molecular formula is C14H24N4O. The van der Waals surface area contributed by atoms with Crippen molar-refractivity contribution < 1.29 is 4.79 Å². The fraction of sp³-hybridized carbons (Fsp3) is 0.714. The minimum Gasteiger partial charge on any atom is -0.395 e. The van der Waals surface area contributed by atoms with E-state index in [0.717, 1.165) is 31.4 Å². The van der Waals surface area contributed by atoms with Crippen LogP contribution in [0.5, 0.6) is 0 Å². The molecule has 1 amide bonds. The summed E-state index contributed by atoms with van der Waals surface area (Å²) in [6, 6.07) is 0.266. The zero-order valence-corrected chi connectivity index (χ0v) is 11.8. The van der Waals surface area contributed by atoms with Crippen LogP contribution in [0.15, 0.2) is 0 Å². The van der Waals surface area contributed by atoms with Crippen molar-refractivity contribution in [2.45, 2.75) is 58.4 Å². The minimum atomic E-state index is -0.143. The third-order valence-electron chi connectivity index (χ3n) is 3.87. The van der Waals surface area contributed by atoms with Crippen molar-refractivity contribution in [2.24, 2.45) is 5.92 Å². The van der Waals surface area contributed by atoms with Gasteiger partial charge in [0.15, 0.2) is 5.69 Å². The zero-order chi connectivity index (χ0) is 13.8. The summed E-state index contributed by atoms with van der Waals surface area (Å²) in [6.07, 6.45) is 6.36. The Hall–Kier alpha value is -1.52. The minimum absolute atomic E-state index is 0.143. The van der Waals surface area contributed by atoms with Gasteiger partial charge in [-0.15, -0.1) is 0 Å². The number of hydrogen-bond acceptors (Lipinski definition) is 3. The molecule has 1 aliphatic carbocycles. The number of anilines is 1. The van der Waals surface area contributed by atoms with Gasteiger partial charge in [0, 0.05) is 6.04 Å². The van der Waals surface area contributed by atoms with Crippen LogP contribution in [-0.2, 0) is 6.42 Å². The number of nitrogens with one attached hydrogen (secondary N) is 2. The number of H-pyrrole nitrogens is 1. The molecule has 1 aromatic heterocycles. The molecule has 2 unspecified atom stereocenters. The van der Waals surface area contributed by atoms with E-state index >= 15 is 0 Å². The molecule has 19 heavy (non-hydrogen) atoms. The topological polar surface area (TPSA) is 83.8 Å². The molecule has 5 heteroatoms. The standard InChI is InChI=1S/C14H24N4O/c1-3-5-11-12(15)13(18-17-11)14(19)16-10-7-4-6-9(2)8-10/h9-10H,3-8,15H2,1-2H3,(H,16,19)(H,17,18). The normalized spacial score (nSPS) is 23.3. The molecule has 1 fully saturated rings. The number of aromatic nitrogens is 2. The van der Waals surface area contributed by atoms with E-state index in [1.807, 2.05) is 0 Å². The van der Waals surface area contributed by atoms with Crippen LogP contribution in [0.2, 0.25) is 0 Å². The van der Waals surface area contributed by atoms with Crippen LogP contribution in [-0.4, -0.2) is 22.1 Å². The first-order chi connectivity index (χ1) is 9.11. The number of nitrogen functional groups attached to an aromatic ring is 1. The molecule has 2 atom stereocenters. The first-order valence-corrected chi connectivity index (χ1v) is 7.25. The van der Waals surface area contributed by atoms with Crippen LogP contribution in [0.1, 0.15) is 62.1 Å². The maximum absolute atomic E-state index is 12.2. The lowest BCUT2D eigenvalue weighted by Gasteiger charge is -2.27. The van der Waals surface area contributed by atoms with E-state index in [1.165, 1.54) is 12.8 Å². The van der Waals surface area contributed by atoms with Crippen molar-refractivity contribution in [1.29, 1.82) is 0 Å². The molecule has 0 bridgehead atoms. The van der Waals surface area contributed by atoms with E-state index in [9.17, 15) is 4.79 Å². The monoisotopic (exact) mass is 264 g/mol. The molecule has 5 nitrogen and oxygen atoms in total. The summed E-state index contributed by atoms with van der Waals surface area (Å²) in [4.78, 5) is 12.2. The highest BCUT2D eigenvalue weighted by Crippen LogP contribution is 2.24. The van der Waals surface area contributed by atoms with Crippen LogP contribution in [0.3, 0.4) is 0 Å². The molecule has 0 aliphatic heterocycles. The van der Waals surface area contributed by atoms with E-state index in [0.29, 0.717) is 17.3 Å². The van der Waals surface area contributed by atoms with Crippen LogP contribution < -0.4 is 11.1 Å². The second-order valence-electron chi connectivity index (χ2n) is 5.66. The summed E-state index contributed by atoms with van der Waals surface area (Å²) in [5.41, 5.74) is 7.69. The Morgan fingerprint density at radius 2 is 2.32 bits per heavy atom. The molecule has 106 valence electrons. The molecule has 1 saturated carbocycles. The quantitative estimate of drug-likeness (QED) is 0.780. The third-order valence-corrected chi connectivity index (χ3v) is 3.87. The van der Waals surface area contributed by atoms with Crippen molar-refractivity contribution in [2.75, 3.05) is 5.73 Å². The molecule has 1 aromatic rings. The molecule has 0 radical (unpaired) electrons. The van der Waals surface area contributed by atoms with Gasteiger partial charge < -0.3 is 11.1 Å². The van der Waals surface area contributed by atoms with Gasteiger partial charge in [-0.25, -0.2) is 0 Å². The van der Waals surface area contributed by atoms with Gasteiger partial charge in [0.2, 0.25) is 0 Å². The van der Waals surface area contributed by atoms with E-state index in [2.05, 4.69) is 29.4 Å². The zero-order valence-electron chi connectivity index (χ0n) is 11.8. The first-order valence-electron chi connectivity index (χ1n) is 7.25. The molecule has 0 aromatic carbocycles. The average Bonchev–Trinajstić information content (AvgIpc) is 2.72. The van der Waals surface area contributed by atoms with E-state index < -0.39 is 0 Å². The van der Waals surface area contributed by atoms with Crippen LogP contribution in [0.4, 0.5) is 5.69 Å². The Bertz CT molecular complexity index is 441. The Labute approximate surface area is 114 Å². The van der Waals surface area contributed by atoms with Crippen molar-refractivity contribution in [1.82, 2.24) is 15.5 Å². The Balaban J connectivity index is 1.99. The van der Waals surface area contributed by atoms with Crippen molar-refractivity contribution >= 4 is 11.6 Å². The second kappa shape index (κ2) is 6.08. The predicted octanol–water partition coefficient (Wildman–Crippen LogP) is 2.25. The van der Waals surface area contributed by atoms with Gasteiger partial charge in [-0.1, -0.05) is 33.1 Å². The smallest absolute Gasteiger partial charge is 0.274 e. The highest BCUT2D eigenvalue weighted by atomic mass is 16.2. The van der Waals surface area contributed by atoms with Crippen molar-refractivity contribution in [3.05, 3.63) is 11.4 Å². The summed E-state index contributed by atoms with van der Waals surface area (Å²) in [5.74, 6) is 0.543. The predicted molar refractivity (Wildman–Crippen MR) is 75.9 cm³/mol. The van der Waals surface area contributed by atoms with E-state index in [1.54, 1.807) is 0 Å². The van der Waals surface area contributed by atoms with Gasteiger partial charge in [0.1, 0.15) is 0 Å². The fourth-order valence-corrected chi connectivity index (χ4v) is 2.82. The van der Waals surface area contributed by atoms with Gasteiger partial charge in [-0.05, 0) is 25.2 Å². The molecule has 4 N–H and O–H groups in total. The van der Waals surface area contributed by atoms with Crippen LogP contribution in [0.25, 0.3) is 0 Å². The summed E-state index contributed by atoms with van der Waals surface area (Å²) in [6.45, 7) is 4.31. The van der Waals surface area contributed by atoms with Crippen LogP contribution in [0, 0.1) is 5.92 Å². The molecule has 0 spiro atoms. The van der Waals surface area contributed by atoms with Gasteiger partial charge in [-0.2, -0.15) is 5.10 Å². The first kappa shape index (κ1) is 13.9. The van der Waals surface area contributed by atoms with Crippen molar-refractivity contribution in [3.8, 4) is 0 Å². The summed E-state index contributed by atoms with van der Waals surface area (Å²) in [5, 5.41) is 9.98.